The predicted octanol–water partition coefficient (Wildman–Crippen LogP) is 0.987. The third-order valence-corrected chi connectivity index (χ3v) is 5.20. The van der Waals surface area contributed by atoms with Crippen molar-refractivity contribution < 1.29 is 14.7 Å². The fourth-order valence-corrected chi connectivity index (χ4v) is 3.94. The van der Waals surface area contributed by atoms with Crippen LogP contribution >= 0.6 is 0 Å². The number of carbonyl (C=O) groups is 2. The molecule has 2 N–H and O–H groups in total. The Balaban J connectivity index is 0.000000758. The summed E-state index contributed by atoms with van der Waals surface area (Å²) in [5.41, 5.74) is -0.0185. The molecule has 2 fully saturated rings. The van der Waals surface area contributed by atoms with Crippen molar-refractivity contribution in [2.45, 2.75) is 70.4 Å². The fraction of sp³-hybridized carbons (Fsp3) is 0.824. The molecule has 9 heteroatoms. The van der Waals surface area contributed by atoms with Crippen LogP contribution in [0.5, 0.6) is 0 Å². The molecule has 0 bridgehead atoms. The Hall–Kier alpha value is -2.03. The van der Waals surface area contributed by atoms with Gasteiger partial charge in [-0.15, -0.1) is 5.10 Å². The Bertz CT molecular complexity index is 565. The highest BCUT2D eigenvalue weighted by Gasteiger charge is 2.35. The molecular weight excluding hydrogens is 336 g/mol. The van der Waals surface area contributed by atoms with Crippen LogP contribution in [-0.4, -0.2) is 67.8 Å². The van der Waals surface area contributed by atoms with Gasteiger partial charge in [0.05, 0.1) is 12.1 Å². The van der Waals surface area contributed by atoms with E-state index >= 15 is 0 Å². The van der Waals surface area contributed by atoms with Crippen LogP contribution in [-0.2, 0) is 16.1 Å². The first-order valence-electron chi connectivity index (χ1n) is 9.42. The molecule has 26 heavy (non-hydrogen) atoms. The number of carbonyl (C=O) groups excluding carboxylic acids is 1. The maximum Gasteiger partial charge on any atom is 0.290 e. The largest absolute Gasteiger partial charge is 0.483 e. The van der Waals surface area contributed by atoms with E-state index in [-0.39, 0.29) is 17.9 Å². The van der Waals surface area contributed by atoms with Crippen LogP contribution in [0.25, 0.3) is 0 Å². The quantitative estimate of drug-likeness (QED) is 0.722. The molecule has 2 aliphatic rings. The summed E-state index contributed by atoms with van der Waals surface area (Å²) in [6, 6.07) is 0. The van der Waals surface area contributed by atoms with Crippen molar-refractivity contribution in [2.24, 2.45) is 0 Å². The van der Waals surface area contributed by atoms with E-state index in [9.17, 15) is 4.79 Å². The van der Waals surface area contributed by atoms with E-state index < -0.39 is 0 Å². The van der Waals surface area contributed by atoms with Gasteiger partial charge in [0.25, 0.3) is 6.47 Å². The summed E-state index contributed by atoms with van der Waals surface area (Å²) in [4.78, 5) is 23.4. The summed E-state index contributed by atoms with van der Waals surface area (Å²) >= 11 is 0. The number of aryl methyl sites for hydroxylation is 2. The van der Waals surface area contributed by atoms with Crippen LogP contribution in [0.4, 0.5) is 0 Å². The minimum absolute atomic E-state index is 0.0185. The number of amides is 1. The lowest BCUT2D eigenvalue weighted by Gasteiger charge is -2.41. The second-order valence-corrected chi connectivity index (χ2v) is 7.18. The predicted molar refractivity (Wildman–Crippen MR) is 95.5 cm³/mol. The molecule has 0 aromatic carbocycles. The van der Waals surface area contributed by atoms with Gasteiger partial charge in [0.2, 0.25) is 5.91 Å². The van der Waals surface area contributed by atoms with Gasteiger partial charge in [0, 0.05) is 13.0 Å². The number of rotatable bonds is 6. The molecule has 1 aliphatic heterocycles. The van der Waals surface area contributed by atoms with E-state index in [4.69, 9.17) is 9.90 Å². The van der Waals surface area contributed by atoms with E-state index in [2.05, 4.69) is 25.7 Å². The summed E-state index contributed by atoms with van der Waals surface area (Å²) in [7, 11) is 0. The lowest BCUT2D eigenvalue weighted by molar-refractivity contribution is -0.124. The molecule has 1 saturated carbocycles. The van der Waals surface area contributed by atoms with Crippen molar-refractivity contribution in [1.82, 2.24) is 30.4 Å². The van der Waals surface area contributed by atoms with Crippen molar-refractivity contribution in [3.63, 3.8) is 0 Å². The summed E-state index contributed by atoms with van der Waals surface area (Å²) in [5, 5.41) is 21.6. The monoisotopic (exact) mass is 366 g/mol. The molecule has 1 amide bonds. The smallest absolute Gasteiger partial charge is 0.290 e. The molecule has 3 rings (SSSR count). The van der Waals surface area contributed by atoms with Gasteiger partial charge in [0.15, 0.2) is 0 Å². The minimum atomic E-state index is -0.250. The van der Waals surface area contributed by atoms with Gasteiger partial charge in [-0.05, 0) is 56.1 Å². The highest BCUT2D eigenvalue weighted by atomic mass is 16.3. The number of tetrazole rings is 1. The molecule has 0 unspecified atom stereocenters. The van der Waals surface area contributed by atoms with E-state index in [0.29, 0.717) is 13.0 Å². The van der Waals surface area contributed by atoms with Gasteiger partial charge in [-0.25, -0.2) is 4.68 Å². The molecule has 2 heterocycles. The molecule has 1 aliphatic carbocycles. The fourth-order valence-electron chi connectivity index (χ4n) is 3.94. The minimum Gasteiger partial charge on any atom is -0.483 e. The Labute approximate surface area is 154 Å². The summed E-state index contributed by atoms with van der Waals surface area (Å²) in [6.07, 6.45) is 8.99. The van der Waals surface area contributed by atoms with Crippen LogP contribution in [0.15, 0.2) is 0 Å². The first-order valence-corrected chi connectivity index (χ1v) is 9.42. The number of likely N-dealkylation sites (tertiary alicyclic amines) is 1. The maximum absolute atomic E-state index is 12.5. The zero-order valence-electron chi connectivity index (χ0n) is 15.6. The van der Waals surface area contributed by atoms with Crippen molar-refractivity contribution in [1.29, 1.82) is 0 Å². The first-order chi connectivity index (χ1) is 12.6. The number of hydrogen-bond acceptors (Lipinski definition) is 6. The first kappa shape index (κ1) is 20.3. The highest BCUT2D eigenvalue weighted by molar-refractivity contribution is 5.76. The lowest BCUT2D eigenvalue weighted by Crippen LogP contribution is -2.56. The van der Waals surface area contributed by atoms with E-state index in [1.165, 1.54) is 45.2 Å². The topological polar surface area (TPSA) is 113 Å². The highest BCUT2D eigenvalue weighted by Crippen LogP contribution is 2.30. The number of carboxylic acid groups (broad SMARTS) is 1. The van der Waals surface area contributed by atoms with Crippen LogP contribution in [0.2, 0.25) is 0 Å². The Morgan fingerprint density at radius 1 is 1.23 bits per heavy atom. The Morgan fingerprint density at radius 2 is 1.88 bits per heavy atom. The molecule has 0 atom stereocenters. The van der Waals surface area contributed by atoms with Crippen LogP contribution < -0.4 is 5.32 Å². The van der Waals surface area contributed by atoms with Crippen molar-refractivity contribution in [2.75, 3.05) is 19.6 Å². The van der Waals surface area contributed by atoms with Gasteiger partial charge >= 0.3 is 0 Å². The molecule has 9 nitrogen and oxygen atoms in total. The second kappa shape index (κ2) is 10.2. The zero-order valence-corrected chi connectivity index (χ0v) is 15.6. The average Bonchev–Trinajstić information content (AvgIpc) is 3.26. The molecule has 0 spiro atoms. The normalized spacial score (nSPS) is 19.4. The molecule has 1 aromatic heterocycles. The Kier molecular flexibility index (Phi) is 7.96. The molecule has 1 aromatic rings. The van der Waals surface area contributed by atoms with E-state index in [0.717, 1.165) is 25.2 Å². The summed E-state index contributed by atoms with van der Waals surface area (Å²) < 4.78 is 1.69. The van der Waals surface area contributed by atoms with Crippen LogP contribution in [0.3, 0.4) is 0 Å². The van der Waals surface area contributed by atoms with Gasteiger partial charge in [-0.1, -0.05) is 19.3 Å². The van der Waals surface area contributed by atoms with Crippen molar-refractivity contribution >= 4 is 12.4 Å². The number of nitrogens with one attached hydrogen (secondary N) is 1. The molecule has 146 valence electrons. The number of aromatic nitrogens is 4. The van der Waals surface area contributed by atoms with Crippen LogP contribution in [0.1, 0.15) is 57.2 Å². The summed E-state index contributed by atoms with van der Waals surface area (Å²) in [6.45, 7) is 5.53. The van der Waals surface area contributed by atoms with E-state index in [1.54, 1.807) is 4.68 Å². The second-order valence-electron chi connectivity index (χ2n) is 7.18. The van der Waals surface area contributed by atoms with Gasteiger partial charge in [0.1, 0.15) is 5.82 Å². The van der Waals surface area contributed by atoms with Gasteiger partial charge < -0.3 is 15.3 Å². The number of nitrogens with zero attached hydrogens (tertiary/aromatic N) is 5. The molecule has 0 radical (unpaired) electrons. The van der Waals surface area contributed by atoms with Crippen molar-refractivity contribution in [3.05, 3.63) is 5.82 Å². The summed E-state index contributed by atoms with van der Waals surface area (Å²) in [5.74, 6) is 0.878. The standard InChI is InChI=1S/C16H28N6O.CH2O2/c1-14-18-19-20-22(14)12-7-15(23)17-16(8-3-2-4-9-16)13-21-10-5-6-11-21;2-1-3/h2-13H2,1H3,(H,17,23);1H,(H,2,3). The third kappa shape index (κ3) is 6.05. The SMILES string of the molecule is Cc1nnnn1CCC(=O)NC1(CN2CCCC2)CCCCC1.O=CO. The molecule has 1 saturated heterocycles. The van der Waals surface area contributed by atoms with Gasteiger partial charge in [-0.3, -0.25) is 9.59 Å². The zero-order chi connectivity index (χ0) is 18.8. The number of hydrogen-bond donors (Lipinski definition) is 2. The van der Waals surface area contributed by atoms with Crippen LogP contribution in [0, 0.1) is 6.92 Å². The lowest BCUT2D eigenvalue weighted by atomic mass is 9.81. The molecular formula is C17H30N6O3. The third-order valence-electron chi connectivity index (χ3n) is 5.20. The maximum atomic E-state index is 12.5. The Morgan fingerprint density at radius 3 is 2.46 bits per heavy atom. The van der Waals surface area contributed by atoms with E-state index in [1.807, 2.05) is 6.92 Å². The average molecular weight is 366 g/mol. The van der Waals surface area contributed by atoms with Gasteiger partial charge in [-0.2, -0.15) is 0 Å². The van der Waals surface area contributed by atoms with Crippen molar-refractivity contribution in [3.8, 4) is 0 Å².